The van der Waals surface area contributed by atoms with E-state index in [2.05, 4.69) is 11.8 Å². The lowest BCUT2D eigenvalue weighted by atomic mass is 10.2. The molecule has 0 unspecified atom stereocenters. The topological polar surface area (TPSA) is 70.1 Å². The number of nitrogens with zero attached hydrogens (tertiary/aromatic N) is 2. The van der Waals surface area contributed by atoms with Crippen LogP contribution >= 0.6 is 0 Å². The molecule has 1 saturated heterocycles. The van der Waals surface area contributed by atoms with Gasteiger partial charge in [0.15, 0.2) is 0 Å². The number of ether oxygens (including phenoxy) is 1. The van der Waals surface area contributed by atoms with E-state index < -0.39 is 10.0 Å². The van der Waals surface area contributed by atoms with Gasteiger partial charge < -0.3 is 9.84 Å². The Morgan fingerprint density at radius 2 is 1.92 bits per heavy atom. The molecule has 1 heterocycles. The third-order valence-corrected chi connectivity index (χ3v) is 6.18. The van der Waals surface area contributed by atoms with E-state index in [1.165, 1.54) is 4.31 Å². The molecule has 0 atom stereocenters. The lowest BCUT2D eigenvalue weighted by Gasteiger charge is -2.33. The highest BCUT2D eigenvalue weighted by Gasteiger charge is 2.28. The highest BCUT2D eigenvalue weighted by atomic mass is 32.2. The molecule has 1 fully saturated rings. The van der Waals surface area contributed by atoms with E-state index in [-0.39, 0.29) is 6.61 Å². The highest BCUT2D eigenvalue weighted by Crippen LogP contribution is 2.25. The van der Waals surface area contributed by atoms with Gasteiger partial charge in [0.2, 0.25) is 10.0 Å². The summed E-state index contributed by atoms with van der Waals surface area (Å²) in [6.45, 7) is 7.53. The molecule has 0 radical (unpaired) electrons. The predicted molar refractivity (Wildman–Crippen MR) is 93.9 cm³/mol. The average Bonchev–Trinajstić information content (AvgIpc) is 2.57. The van der Waals surface area contributed by atoms with Gasteiger partial charge >= 0.3 is 0 Å². The monoisotopic (exact) mass is 356 g/mol. The molecule has 1 aromatic carbocycles. The van der Waals surface area contributed by atoms with Crippen molar-refractivity contribution in [1.82, 2.24) is 9.21 Å². The summed E-state index contributed by atoms with van der Waals surface area (Å²) < 4.78 is 32.8. The number of aryl methyl sites for hydroxylation is 1. The normalized spacial score (nSPS) is 17.1. The predicted octanol–water partition coefficient (Wildman–Crippen LogP) is 1.47. The van der Waals surface area contributed by atoms with E-state index >= 15 is 0 Å². The standard InChI is InChI=1S/C17H28N2O4S/c1-3-4-13-23-17-6-5-16(14-15(17)2)24(21,22)19-9-7-18(8-10-19)11-12-20/h5-6,14,20H,3-4,7-13H2,1-2H3. The maximum absolute atomic E-state index is 12.8. The molecule has 136 valence electrons. The molecule has 2 rings (SSSR count). The Morgan fingerprint density at radius 3 is 2.50 bits per heavy atom. The number of aliphatic hydroxyl groups excluding tert-OH is 1. The smallest absolute Gasteiger partial charge is 0.243 e. The summed E-state index contributed by atoms with van der Waals surface area (Å²) >= 11 is 0. The number of benzene rings is 1. The first-order valence-electron chi connectivity index (χ1n) is 8.56. The number of unbranched alkanes of at least 4 members (excludes halogenated alkanes) is 1. The third kappa shape index (κ3) is 4.69. The Balaban J connectivity index is 2.05. The van der Waals surface area contributed by atoms with E-state index in [1.807, 2.05) is 6.92 Å². The molecule has 0 aliphatic carbocycles. The molecule has 1 aliphatic rings. The third-order valence-electron chi connectivity index (χ3n) is 4.29. The molecule has 1 aromatic rings. The molecule has 0 amide bonds. The van der Waals surface area contributed by atoms with E-state index in [1.54, 1.807) is 18.2 Å². The van der Waals surface area contributed by atoms with E-state index in [9.17, 15) is 8.42 Å². The number of piperazine rings is 1. The van der Waals surface area contributed by atoms with E-state index in [0.29, 0.717) is 44.2 Å². The van der Waals surface area contributed by atoms with Crippen LogP contribution < -0.4 is 4.74 Å². The zero-order chi connectivity index (χ0) is 17.6. The fraction of sp³-hybridized carbons (Fsp3) is 0.647. The van der Waals surface area contributed by atoms with Crippen LogP contribution in [0, 0.1) is 6.92 Å². The number of hydrogen-bond acceptors (Lipinski definition) is 5. The maximum Gasteiger partial charge on any atom is 0.243 e. The second-order valence-electron chi connectivity index (χ2n) is 6.10. The van der Waals surface area contributed by atoms with Crippen molar-refractivity contribution in [2.45, 2.75) is 31.6 Å². The summed E-state index contributed by atoms with van der Waals surface area (Å²) in [6.07, 6.45) is 2.05. The Hall–Kier alpha value is -1.15. The van der Waals surface area contributed by atoms with Gasteiger partial charge in [0.25, 0.3) is 0 Å². The zero-order valence-electron chi connectivity index (χ0n) is 14.6. The van der Waals surface area contributed by atoms with Crippen LogP contribution in [0.25, 0.3) is 0 Å². The van der Waals surface area contributed by atoms with Gasteiger partial charge in [-0.25, -0.2) is 8.42 Å². The number of β-amino-alcohol motifs (C(OH)–C–C–N with tert-alkyl or cyclic N) is 1. The largest absolute Gasteiger partial charge is 0.493 e. The van der Waals surface area contributed by atoms with Crippen LogP contribution in [0.4, 0.5) is 0 Å². The van der Waals surface area contributed by atoms with Gasteiger partial charge in [0, 0.05) is 32.7 Å². The van der Waals surface area contributed by atoms with E-state index in [4.69, 9.17) is 9.84 Å². The highest BCUT2D eigenvalue weighted by molar-refractivity contribution is 7.89. The summed E-state index contributed by atoms with van der Waals surface area (Å²) in [5.74, 6) is 0.746. The molecule has 0 aromatic heterocycles. The Labute approximate surface area is 145 Å². The first-order valence-corrected chi connectivity index (χ1v) is 10.00. The summed E-state index contributed by atoms with van der Waals surface area (Å²) in [6, 6.07) is 5.07. The quantitative estimate of drug-likeness (QED) is 0.715. The van der Waals surface area contributed by atoms with Crippen molar-refractivity contribution < 1.29 is 18.3 Å². The van der Waals surface area contributed by atoms with Crippen molar-refractivity contribution in [3.8, 4) is 5.75 Å². The van der Waals surface area contributed by atoms with Crippen LogP contribution in [-0.4, -0.2) is 68.7 Å². The minimum atomic E-state index is -3.48. The van der Waals surface area contributed by atoms with Gasteiger partial charge in [-0.05, 0) is 37.1 Å². The fourth-order valence-corrected chi connectivity index (χ4v) is 4.26. The number of aliphatic hydroxyl groups is 1. The fourth-order valence-electron chi connectivity index (χ4n) is 2.75. The summed E-state index contributed by atoms with van der Waals surface area (Å²) in [4.78, 5) is 2.39. The molecule has 0 spiro atoms. The van der Waals surface area contributed by atoms with Crippen LogP contribution in [0.2, 0.25) is 0 Å². The van der Waals surface area contributed by atoms with Crippen molar-refractivity contribution in [2.75, 3.05) is 45.9 Å². The number of rotatable bonds is 8. The maximum atomic E-state index is 12.8. The Bertz CT molecular complexity index is 625. The average molecular weight is 356 g/mol. The first-order chi connectivity index (χ1) is 11.5. The molecular weight excluding hydrogens is 328 g/mol. The summed E-state index contributed by atoms with van der Waals surface area (Å²) in [5, 5.41) is 8.97. The molecule has 1 aliphatic heterocycles. The van der Waals surface area contributed by atoms with Crippen LogP contribution in [0.3, 0.4) is 0 Å². The van der Waals surface area contributed by atoms with Crippen molar-refractivity contribution in [3.63, 3.8) is 0 Å². The molecule has 7 heteroatoms. The number of sulfonamides is 1. The van der Waals surface area contributed by atoms with Crippen LogP contribution in [0.1, 0.15) is 25.3 Å². The van der Waals surface area contributed by atoms with Crippen molar-refractivity contribution in [3.05, 3.63) is 23.8 Å². The molecule has 6 nitrogen and oxygen atoms in total. The van der Waals surface area contributed by atoms with E-state index in [0.717, 1.165) is 24.2 Å². The SMILES string of the molecule is CCCCOc1ccc(S(=O)(=O)N2CCN(CCO)CC2)cc1C. The Morgan fingerprint density at radius 1 is 1.21 bits per heavy atom. The van der Waals surface area contributed by atoms with Gasteiger partial charge in [-0.3, -0.25) is 4.90 Å². The van der Waals surface area contributed by atoms with Gasteiger partial charge in [0.1, 0.15) is 5.75 Å². The molecule has 24 heavy (non-hydrogen) atoms. The van der Waals surface area contributed by atoms with Crippen LogP contribution in [0.5, 0.6) is 5.75 Å². The summed E-state index contributed by atoms with van der Waals surface area (Å²) in [5.41, 5.74) is 0.839. The van der Waals surface area contributed by atoms with Gasteiger partial charge in [0.05, 0.1) is 18.1 Å². The number of hydrogen-bond donors (Lipinski definition) is 1. The second kappa shape index (κ2) is 8.80. The van der Waals surface area contributed by atoms with Gasteiger partial charge in [-0.2, -0.15) is 4.31 Å². The first kappa shape index (κ1) is 19.2. The lowest BCUT2D eigenvalue weighted by Crippen LogP contribution is -2.49. The minimum Gasteiger partial charge on any atom is -0.493 e. The summed E-state index contributed by atoms with van der Waals surface area (Å²) in [7, 11) is -3.48. The molecule has 1 N–H and O–H groups in total. The van der Waals surface area contributed by atoms with Crippen molar-refractivity contribution in [2.24, 2.45) is 0 Å². The zero-order valence-corrected chi connectivity index (χ0v) is 15.4. The van der Waals surface area contributed by atoms with Crippen LogP contribution in [-0.2, 0) is 10.0 Å². The van der Waals surface area contributed by atoms with Crippen molar-refractivity contribution >= 4 is 10.0 Å². The Kier molecular flexibility index (Phi) is 7.03. The molecule has 0 saturated carbocycles. The van der Waals surface area contributed by atoms with Gasteiger partial charge in [-0.15, -0.1) is 0 Å². The van der Waals surface area contributed by atoms with Gasteiger partial charge in [-0.1, -0.05) is 13.3 Å². The molecule has 0 bridgehead atoms. The molecular formula is C17H28N2O4S. The minimum absolute atomic E-state index is 0.103. The van der Waals surface area contributed by atoms with Crippen LogP contribution in [0.15, 0.2) is 23.1 Å². The lowest BCUT2D eigenvalue weighted by molar-refractivity contribution is 0.151. The second-order valence-corrected chi connectivity index (χ2v) is 8.04. The van der Waals surface area contributed by atoms with Crippen molar-refractivity contribution in [1.29, 1.82) is 0 Å².